The Kier molecular flexibility index (Phi) is 12.0. The standard InChI is InChI=1S/C39H48N2O5/c1-26(2)21-30(38(46)41-36(25-42)39(3,4)32-19-10-11-20-34(32)43)24-35(44)33(40-37(45)22-27-13-6-5-7-14-27)23-29-17-12-16-28-15-8-9-18-31(28)29/h5-9,12-18,25-26,30,32-33,36H,10-11,19-24H2,1-4H3,(H,40,45)(H,41,46)/t30-,32-,33+,36-/m1/s1. The van der Waals surface area contributed by atoms with Crippen molar-refractivity contribution < 1.29 is 24.0 Å². The second-order valence-corrected chi connectivity index (χ2v) is 13.8. The molecule has 0 bridgehead atoms. The second-order valence-electron chi connectivity index (χ2n) is 13.8. The largest absolute Gasteiger partial charge is 0.346 e. The van der Waals surface area contributed by atoms with E-state index in [4.69, 9.17) is 0 Å². The van der Waals surface area contributed by atoms with Gasteiger partial charge in [-0.2, -0.15) is 0 Å². The number of carbonyl (C=O) groups is 5. The van der Waals surface area contributed by atoms with Crippen LogP contribution < -0.4 is 10.6 Å². The number of ketones is 2. The van der Waals surface area contributed by atoms with Crippen LogP contribution >= 0.6 is 0 Å². The Morgan fingerprint density at radius 1 is 0.913 bits per heavy atom. The molecular formula is C39H48N2O5. The summed E-state index contributed by atoms with van der Waals surface area (Å²) in [6, 6.07) is 21.5. The van der Waals surface area contributed by atoms with Crippen LogP contribution in [0.1, 0.15) is 77.3 Å². The smallest absolute Gasteiger partial charge is 0.225 e. The van der Waals surface area contributed by atoms with Crippen molar-refractivity contribution in [1.29, 1.82) is 0 Å². The molecule has 1 aliphatic carbocycles. The lowest BCUT2D eigenvalue weighted by Gasteiger charge is -2.40. The Hall–Kier alpha value is -4.13. The Balaban J connectivity index is 1.56. The van der Waals surface area contributed by atoms with E-state index >= 15 is 0 Å². The molecule has 0 aromatic heterocycles. The summed E-state index contributed by atoms with van der Waals surface area (Å²) >= 11 is 0. The Bertz CT molecular complexity index is 1520. The molecule has 4 rings (SSSR count). The van der Waals surface area contributed by atoms with Gasteiger partial charge in [-0.3, -0.25) is 19.2 Å². The Labute approximate surface area is 272 Å². The van der Waals surface area contributed by atoms with Crippen LogP contribution in [0.2, 0.25) is 0 Å². The summed E-state index contributed by atoms with van der Waals surface area (Å²) in [4.78, 5) is 66.3. The van der Waals surface area contributed by atoms with E-state index in [-0.39, 0.29) is 54.5 Å². The predicted octanol–water partition coefficient (Wildman–Crippen LogP) is 6.20. The van der Waals surface area contributed by atoms with Crippen LogP contribution in [-0.2, 0) is 36.8 Å². The average Bonchev–Trinajstić information content (AvgIpc) is 3.03. The fourth-order valence-corrected chi connectivity index (χ4v) is 6.85. The minimum absolute atomic E-state index is 0.0839. The van der Waals surface area contributed by atoms with Gasteiger partial charge in [-0.05, 0) is 47.1 Å². The van der Waals surface area contributed by atoms with Gasteiger partial charge in [0, 0.05) is 36.5 Å². The van der Waals surface area contributed by atoms with E-state index in [0.29, 0.717) is 19.3 Å². The van der Waals surface area contributed by atoms with Crippen LogP contribution in [0.15, 0.2) is 72.8 Å². The summed E-state index contributed by atoms with van der Waals surface area (Å²) in [5, 5.41) is 7.95. The maximum atomic E-state index is 14.1. The van der Waals surface area contributed by atoms with Gasteiger partial charge in [-0.1, -0.05) is 107 Å². The molecule has 2 N–H and O–H groups in total. The summed E-state index contributed by atoms with van der Waals surface area (Å²) in [5.41, 5.74) is 1.01. The van der Waals surface area contributed by atoms with Gasteiger partial charge in [0.1, 0.15) is 12.1 Å². The number of benzene rings is 3. The number of Topliss-reactive ketones (excluding diaryl/α,β-unsaturated/α-hetero) is 2. The molecule has 0 spiro atoms. The van der Waals surface area contributed by atoms with E-state index in [1.54, 1.807) is 0 Å². The van der Waals surface area contributed by atoms with Crippen molar-refractivity contribution in [3.63, 3.8) is 0 Å². The first-order valence-electron chi connectivity index (χ1n) is 16.6. The monoisotopic (exact) mass is 624 g/mol. The zero-order valence-electron chi connectivity index (χ0n) is 27.6. The molecule has 3 aromatic rings. The molecule has 0 heterocycles. The van der Waals surface area contributed by atoms with Gasteiger partial charge < -0.3 is 15.4 Å². The van der Waals surface area contributed by atoms with Crippen molar-refractivity contribution in [2.45, 2.75) is 91.1 Å². The molecule has 7 heteroatoms. The lowest BCUT2D eigenvalue weighted by atomic mass is 9.66. The Morgan fingerprint density at radius 3 is 2.30 bits per heavy atom. The van der Waals surface area contributed by atoms with E-state index in [0.717, 1.165) is 41.0 Å². The van der Waals surface area contributed by atoms with Gasteiger partial charge in [0.25, 0.3) is 0 Å². The fraction of sp³-hybridized carbons (Fsp3) is 0.462. The van der Waals surface area contributed by atoms with Crippen LogP contribution in [-0.4, -0.2) is 41.8 Å². The molecule has 244 valence electrons. The van der Waals surface area contributed by atoms with Crippen LogP contribution in [0.4, 0.5) is 0 Å². The van der Waals surface area contributed by atoms with Crippen LogP contribution in [0.25, 0.3) is 10.8 Å². The van der Waals surface area contributed by atoms with Crippen molar-refractivity contribution in [2.24, 2.45) is 23.2 Å². The van der Waals surface area contributed by atoms with Crippen molar-refractivity contribution in [2.75, 3.05) is 0 Å². The molecule has 4 atom stereocenters. The van der Waals surface area contributed by atoms with Gasteiger partial charge in [-0.25, -0.2) is 0 Å². The van der Waals surface area contributed by atoms with E-state index in [2.05, 4.69) is 10.6 Å². The molecule has 7 nitrogen and oxygen atoms in total. The number of nitrogens with one attached hydrogen (secondary N) is 2. The molecule has 0 unspecified atom stereocenters. The molecule has 1 fully saturated rings. The van der Waals surface area contributed by atoms with E-state index in [1.165, 1.54) is 0 Å². The third-order valence-electron chi connectivity index (χ3n) is 9.50. The highest BCUT2D eigenvalue weighted by Gasteiger charge is 2.43. The zero-order valence-corrected chi connectivity index (χ0v) is 27.6. The highest BCUT2D eigenvalue weighted by Crippen LogP contribution is 2.38. The minimum atomic E-state index is -0.867. The Morgan fingerprint density at radius 2 is 1.61 bits per heavy atom. The van der Waals surface area contributed by atoms with Crippen molar-refractivity contribution in [3.05, 3.63) is 83.9 Å². The van der Waals surface area contributed by atoms with Gasteiger partial charge in [0.15, 0.2) is 5.78 Å². The molecule has 0 aliphatic heterocycles. The first-order chi connectivity index (χ1) is 22.0. The number of carbonyl (C=O) groups excluding carboxylic acids is 5. The van der Waals surface area contributed by atoms with Crippen LogP contribution in [0.5, 0.6) is 0 Å². The van der Waals surface area contributed by atoms with E-state index < -0.39 is 23.4 Å². The van der Waals surface area contributed by atoms with Gasteiger partial charge >= 0.3 is 0 Å². The van der Waals surface area contributed by atoms with Crippen molar-refractivity contribution in [1.82, 2.24) is 10.6 Å². The van der Waals surface area contributed by atoms with Crippen LogP contribution in [0.3, 0.4) is 0 Å². The number of aldehydes is 1. The SMILES string of the molecule is CC(C)C[C@H](CC(=O)[C@H](Cc1cccc2ccccc12)NC(=O)Cc1ccccc1)C(=O)N[C@H](C=O)C(C)(C)[C@@H]1CCCCC1=O. The number of fused-ring (bicyclic) bond motifs is 1. The fourth-order valence-electron chi connectivity index (χ4n) is 6.85. The van der Waals surface area contributed by atoms with Crippen LogP contribution in [0, 0.1) is 23.2 Å². The number of rotatable bonds is 15. The molecular weight excluding hydrogens is 576 g/mol. The second kappa shape index (κ2) is 15.9. The summed E-state index contributed by atoms with van der Waals surface area (Å²) in [7, 11) is 0. The normalized spacial score (nSPS) is 17.2. The predicted molar refractivity (Wildman–Crippen MR) is 181 cm³/mol. The third kappa shape index (κ3) is 8.99. The first kappa shape index (κ1) is 34.7. The van der Waals surface area contributed by atoms with E-state index in [1.807, 2.05) is 100 Å². The molecule has 0 radical (unpaired) electrons. The molecule has 0 saturated heterocycles. The van der Waals surface area contributed by atoms with Gasteiger partial charge in [-0.15, -0.1) is 0 Å². The third-order valence-corrected chi connectivity index (χ3v) is 9.50. The molecule has 3 aromatic carbocycles. The van der Waals surface area contributed by atoms with E-state index in [9.17, 15) is 24.0 Å². The number of hydrogen-bond acceptors (Lipinski definition) is 5. The quantitative estimate of drug-likeness (QED) is 0.196. The van der Waals surface area contributed by atoms with Gasteiger partial charge in [0.2, 0.25) is 11.8 Å². The highest BCUT2D eigenvalue weighted by atomic mass is 16.2. The maximum absolute atomic E-state index is 14.1. The molecule has 1 saturated carbocycles. The lowest BCUT2D eigenvalue weighted by Crippen LogP contribution is -2.53. The summed E-state index contributed by atoms with van der Waals surface area (Å²) in [6.45, 7) is 7.71. The number of hydrogen-bond donors (Lipinski definition) is 2. The zero-order chi connectivity index (χ0) is 33.3. The first-order valence-corrected chi connectivity index (χ1v) is 16.6. The summed E-state index contributed by atoms with van der Waals surface area (Å²) in [5.74, 6) is -1.66. The molecule has 46 heavy (non-hydrogen) atoms. The number of amides is 2. The average molecular weight is 625 g/mol. The summed E-state index contributed by atoms with van der Waals surface area (Å²) < 4.78 is 0. The maximum Gasteiger partial charge on any atom is 0.225 e. The summed E-state index contributed by atoms with van der Waals surface area (Å²) in [6.07, 6.45) is 4.44. The lowest BCUT2D eigenvalue weighted by molar-refractivity contribution is -0.136. The highest BCUT2D eigenvalue weighted by molar-refractivity contribution is 5.94. The van der Waals surface area contributed by atoms with Crippen molar-refractivity contribution in [3.8, 4) is 0 Å². The minimum Gasteiger partial charge on any atom is -0.346 e. The topological polar surface area (TPSA) is 109 Å². The molecule has 2 amide bonds. The molecule has 1 aliphatic rings. The van der Waals surface area contributed by atoms with Crippen molar-refractivity contribution >= 4 is 40.4 Å². The van der Waals surface area contributed by atoms with Gasteiger partial charge in [0.05, 0.1) is 18.5 Å².